The minimum Gasteiger partial charge on any atom is -0.481 e. The predicted molar refractivity (Wildman–Crippen MR) is 188 cm³/mol. The molecule has 0 saturated carbocycles. The molecule has 2 heteroatoms. The molecule has 0 aromatic heterocycles. The van der Waals surface area contributed by atoms with E-state index in [-0.39, 0.29) is 5.92 Å². The molecule has 0 aliphatic heterocycles. The van der Waals surface area contributed by atoms with Gasteiger partial charge < -0.3 is 5.11 Å². The second kappa shape index (κ2) is 35.6. The van der Waals surface area contributed by atoms with Gasteiger partial charge in [-0.2, -0.15) is 0 Å². The lowest BCUT2D eigenvalue weighted by atomic mass is 9.94. The van der Waals surface area contributed by atoms with Crippen LogP contribution in [0.5, 0.6) is 0 Å². The molecule has 0 radical (unpaired) electrons. The first-order valence-electron chi connectivity index (χ1n) is 18.5. The fraction of sp³-hybridized carbons (Fsp3) is 0.775. The van der Waals surface area contributed by atoms with E-state index in [4.69, 9.17) is 0 Å². The number of unbranched alkanes of at least 4 members (excludes halogenated alkanes) is 20. The highest BCUT2D eigenvalue weighted by atomic mass is 16.4. The molecule has 2 nitrogen and oxygen atoms in total. The SMILES string of the molecule is CCC=CCC=CCC=CCCCCCCC(CCCCCCCCCCCCC=CCCCCCCCC)C(=O)O. The van der Waals surface area contributed by atoms with Gasteiger partial charge in [0, 0.05) is 0 Å². The molecule has 0 rings (SSSR count). The highest BCUT2D eigenvalue weighted by Gasteiger charge is 2.16. The van der Waals surface area contributed by atoms with E-state index in [0.29, 0.717) is 0 Å². The summed E-state index contributed by atoms with van der Waals surface area (Å²) in [5.41, 5.74) is 0. The van der Waals surface area contributed by atoms with Crippen molar-refractivity contribution in [1.82, 2.24) is 0 Å². The molecule has 0 spiro atoms. The Labute approximate surface area is 263 Å². The number of aliphatic carboxylic acids is 1. The van der Waals surface area contributed by atoms with Crippen LogP contribution in [0, 0.1) is 5.92 Å². The molecule has 244 valence electrons. The third-order valence-corrected chi connectivity index (χ3v) is 8.37. The van der Waals surface area contributed by atoms with Crippen molar-refractivity contribution in [1.29, 1.82) is 0 Å². The summed E-state index contributed by atoms with van der Waals surface area (Å²) in [6.45, 7) is 4.45. The molecule has 1 atom stereocenters. The van der Waals surface area contributed by atoms with Gasteiger partial charge in [-0.3, -0.25) is 4.79 Å². The van der Waals surface area contributed by atoms with Gasteiger partial charge in [-0.25, -0.2) is 0 Å². The standard InChI is InChI=1S/C40H72O2/c1-3-5-7-9-11-13-15-17-19-20-21-22-23-24-26-28-30-32-34-36-38-39(40(41)42)37-35-33-31-29-27-25-18-16-14-12-10-8-6-4-2/h6,8,12,14,17-19,25,39H,3-5,7,9-11,13,15-16,20-24,26-38H2,1-2H3,(H,41,42). The van der Waals surface area contributed by atoms with E-state index in [1.54, 1.807) is 0 Å². The number of carbonyl (C=O) groups is 1. The number of carboxylic acid groups (broad SMARTS) is 1. The van der Waals surface area contributed by atoms with Gasteiger partial charge in [0.05, 0.1) is 5.92 Å². The summed E-state index contributed by atoms with van der Waals surface area (Å²) >= 11 is 0. The largest absolute Gasteiger partial charge is 0.481 e. The lowest BCUT2D eigenvalue weighted by Crippen LogP contribution is -2.13. The van der Waals surface area contributed by atoms with Crippen molar-refractivity contribution in [3.8, 4) is 0 Å². The van der Waals surface area contributed by atoms with Crippen LogP contribution in [-0.2, 0) is 4.79 Å². The predicted octanol–water partition coefficient (Wildman–Crippen LogP) is 13.9. The van der Waals surface area contributed by atoms with Crippen molar-refractivity contribution in [2.24, 2.45) is 5.92 Å². The van der Waals surface area contributed by atoms with Crippen LogP contribution in [-0.4, -0.2) is 11.1 Å². The maximum absolute atomic E-state index is 11.7. The second-order valence-corrected chi connectivity index (χ2v) is 12.5. The first kappa shape index (κ1) is 40.4. The summed E-state index contributed by atoms with van der Waals surface area (Å²) in [6, 6.07) is 0. The molecule has 1 unspecified atom stereocenters. The lowest BCUT2D eigenvalue weighted by Gasteiger charge is -2.12. The van der Waals surface area contributed by atoms with Crippen LogP contribution < -0.4 is 0 Å². The Morgan fingerprint density at radius 2 is 0.786 bits per heavy atom. The van der Waals surface area contributed by atoms with Gasteiger partial charge in [0.15, 0.2) is 0 Å². The molecule has 42 heavy (non-hydrogen) atoms. The van der Waals surface area contributed by atoms with E-state index in [1.807, 2.05) is 0 Å². The van der Waals surface area contributed by atoms with Crippen molar-refractivity contribution in [2.75, 3.05) is 0 Å². The highest BCUT2D eigenvalue weighted by Crippen LogP contribution is 2.20. The monoisotopic (exact) mass is 585 g/mol. The summed E-state index contributed by atoms with van der Waals surface area (Å²) in [6.07, 6.45) is 53.0. The molecular weight excluding hydrogens is 512 g/mol. The number of hydrogen-bond donors (Lipinski definition) is 1. The van der Waals surface area contributed by atoms with E-state index >= 15 is 0 Å². The first-order chi connectivity index (χ1) is 20.7. The third-order valence-electron chi connectivity index (χ3n) is 8.37. The molecular formula is C40H72O2. The van der Waals surface area contributed by atoms with Crippen LogP contribution in [0.2, 0.25) is 0 Å². The topological polar surface area (TPSA) is 37.3 Å². The van der Waals surface area contributed by atoms with Crippen molar-refractivity contribution in [2.45, 2.75) is 194 Å². The maximum Gasteiger partial charge on any atom is 0.306 e. The zero-order valence-electron chi connectivity index (χ0n) is 28.4. The van der Waals surface area contributed by atoms with Crippen molar-refractivity contribution >= 4 is 5.97 Å². The van der Waals surface area contributed by atoms with E-state index in [9.17, 15) is 9.90 Å². The Kier molecular flexibility index (Phi) is 34.3. The van der Waals surface area contributed by atoms with E-state index < -0.39 is 5.97 Å². The Morgan fingerprint density at radius 3 is 1.19 bits per heavy atom. The van der Waals surface area contributed by atoms with Crippen LogP contribution >= 0.6 is 0 Å². The first-order valence-corrected chi connectivity index (χ1v) is 18.5. The van der Waals surface area contributed by atoms with Crippen molar-refractivity contribution < 1.29 is 9.90 Å². The smallest absolute Gasteiger partial charge is 0.306 e. The number of rotatable bonds is 33. The van der Waals surface area contributed by atoms with Gasteiger partial charge in [0.2, 0.25) is 0 Å². The third kappa shape index (κ3) is 32.9. The highest BCUT2D eigenvalue weighted by molar-refractivity contribution is 5.69. The Hall–Kier alpha value is -1.57. The number of carboxylic acids is 1. The fourth-order valence-corrected chi connectivity index (χ4v) is 5.57. The fourth-order valence-electron chi connectivity index (χ4n) is 5.57. The van der Waals surface area contributed by atoms with Gasteiger partial charge in [0.25, 0.3) is 0 Å². The Morgan fingerprint density at radius 1 is 0.452 bits per heavy atom. The zero-order valence-corrected chi connectivity index (χ0v) is 28.4. The minimum atomic E-state index is -0.579. The lowest BCUT2D eigenvalue weighted by molar-refractivity contribution is -0.142. The van der Waals surface area contributed by atoms with Crippen molar-refractivity contribution in [3.63, 3.8) is 0 Å². The molecule has 0 aliphatic rings. The van der Waals surface area contributed by atoms with E-state index in [2.05, 4.69) is 62.5 Å². The average Bonchev–Trinajstić information content (AvgIpc) is 2.99. The molecule has 1 N–H and O–H groups in total. The summed E-state index contributed by atoms with van der Waals surface area (Å²) in [5.74, 6) is -0.710. The number of allylic oxidation sites excluding steroid dienone is 8. The molecule has 0 aromatic rings. The van der Waals surface area contributed by atoms with Crippen LogP contribution in [0.3, 0.4) is 0 Å². The zero-order chi connectivity index (χ0) is 30.6. The van der Waals surface area contributed by atoms with Gasteiger partial charge >= 0.3 is 5.97 Å². The summed E-state index contributed by atoms with van der Waals surface area (Å²) < 4.78 is 0. The van der Waals surface area contributed by atoms with Crippen LogP contribution in [0.4, 0.5) is 0 Å². The molecule has 0 heterocycles. The quantitative estimate of drug-likeness (QED) is 0.0615. The molecule has 0 amide bonds. The molecule has 0 saturated heterocycles. The average molecular weight is 585 g/mol. The van der Waals surface area contributed by atoms with Crippen LogP contribution in [0.1, 0.15) is 194 Å². The van der Waals surface area contributed by atoms with Gasteiger partial charge in [0.1, 0.15) is 0 Å². The summed E-state index contributed by atoms with van der Waals surface area (Å²) in [7, 11) is 0. The molecule has 0 aliphatic carbocycles. The number of hydrogen-bond acceptors (Lipinski definition) is 1. The maximum atomic E-state index is 11.7. The van der Waals surface area contributed by atoms with Crippen molar-refractivity contribution in [3.05, 3.63) is 48.6 Å². The van der Waals surface area contributed by atoms with Gasteiger partial charge in [-0.1, -0.05) is 172 Å². The molecule has 0 fully saturated rings. The summed E-state index contributed by atoms with van der Waals surface area (Å²) in [5, 5.41) is 9.61. The van der Waals surface area contributed by atoms with Crippen LogP contribution in [0.15, 0.2) is 48.6 Å². The van der Waals surface area contributed by atoms with E-state index in [1.165, 1.54) is 122 Å². The minimum absolute atomic E-state index is 0.130. The Bertz CT molecular complexity index is 657. The molecule has 0 bridgehead atoms. The van der Waals surface area contributed by atoms with E-state index in [0.717, 1.165) is 57.8 Å². The second-order valence-electron chi connectivity index (χ2n) is 12.5. The Balaban J connectivity index is 3.48. The van der Waals surface area contributed by atoms with Gasteiger partial charge in [-0.05, 0) is 70.6 Å². The van der Waals surface area contributed by atoms with Crippen LogP contribution in [0.25, 0.3) is 0 Å². The molecule has 0 aromatic carbocycles. The van der Waals surface area contributed by atoms with Gasteiger partial charge in [-0.15, -0.1) is 0 Å². The summed E-state index contributed by atoms with van der Waals surface area (Å²) in [4.78, 5) is 11.7. The normalized spacial score (nSPS) is 13.0.